The van der Waals surface area contributed by atoms with Crippen LogP contribution >= 0.6 is 43.6 Å². The lowest BCUT2D eigenvalue weighted by Gasteiger charge is -2.21. The molecule has 0 unspecified atom stereocenters. The highest BCUT2D eigenvalue weighted by atomic mass is 79.9. The third kappa shape index (κ3) is 2.01. The molecule has 3 heteroatoms. The molecule has 0 spiro atoms. The summed E-state index contributed by atoms with van der Waals surface area (Å²) >= 11 is 8.82. The fourth-order valence-corrected chi connectivity index (χ4v) is 4.16. The van der Waals surface area contributed by atoms with Gasteiger partial charge in [0.2, 0.25) is 0 Å². The number of rotatable bonds is 0. The molecule has 2 aromatic carbocycles. The van der Waals surface area contributed by atoms with E-state index in [1.165, 1.54) is 20.9 Å². The lowest BCUT2D eigenvalue weighted by atomic mass is 9.99. The Morgan fingerprint density at radius 3 is 1.76 bits per heavy atom. The summed E-state index contributed by atoms with van der Waals surface area (Å²) in [6, 6.07) is 12.7. The summed E-state index contributed by atoms with van der Waals surface area (Å²) in [6.45, 7) is 4.21. The molecule has 1 aliphatic heterocycles. The van der Waals surface area contributed by atoms with E-state index >= 15 is 0 Å². The summed E-state index contributed by atoms with van der Waals surface area (Å²) < 4.78 is 2.21. The highest BCUT2D eigenvalue weighted by Gasteiger charge is 2.19. The van der Waals surface area contributed by atoms with E-state index in [0.29, 0.717) is 0 Å². The Bertz CT molecular complexity index is 579. The molecule has 0 aromatic heterocycles. The fourth-order valence-electron chi connectivity index (χ4n) is 1.92. The Hall–Kier alpha value is -0.510. The van der Waals surface area contributed by atoms with Crippen molar-refractivity contribution in [3.63, 3.8) is 0 Å². The van der Waals surface area contributed by atoms with Gasteiger partial charge in [0, 0.05) is 18.7 Å². The maximum Gasteiger partial charge on any atom is 0.0212 e. The number of hydrogen-bond acceptors (Lipinski definition) is 1. The average Bonchev–Trinajstić information content (AvgIpc) is 2.28. The fraction of sp³-hybridized carbons (Fsp3) is 0. The van der Waals surface area contributed by atoms with Crippen LogP contribution in [0, 0.1) is 0 Å². The Morgan fingerprint density at radius 2 is 1.29 bits per heavy atom. The first-order valence-corrected chi connectivity index (χ1v) is 7.52. The van der Waals surface area contributed by atoms with Crippen molar-refractivity contribution < 1.29 is 0 Å². The van der Waals surface area contributed by atoms with Crippen molar-refractivity contribution in [2.24, 2.45) is 0 Å². The van der Waals surface area contributed by atoms with Crippen molar-refractivity contribution in [2.45, 2.75) is 9.79 Å². The van der Waals surface area contributed by atoms with Gasteiger partial charge in [0.05, 0.1) is 0 Å². The monoisotopic (exact) mass is 366 g/mol. The summed E-state index contributed by atoms with van der Waals surface area (Å²) in [7, 11) is 0. The highest BCUT2D eigenvalue weighted by Crippen LogP contribution is 2.46. The van der Waals surface area contributed by atoms with Gasteiger partial charge in [-0.1, -0.05) is 62.3 Å². The van der Waals surface area contributed by atoms with Crippen LogP contribution in [0.4, 0.5) is 0 Å². The van der Waals surface area contributed by atoms with Crippen LogP contribution < -0.4 is 0 Å². The Labute approximate surface area is 121 Å². The van der Waals surface area contributed by atoms with Crippen LogP contribution in [-0.2, 0) is 0 Å². The van der Waals surface area contributed by atoms with Gasteiger partial charge in [-0.25, -0.2) is 0 Å². The molecule has 0 N–H and O–H groups in total. The first-order valence-electron chi connectivity index (χ1n) is 5.12. The summed E-state index contributed by atoms with van der Waals surface area (Å²) in [5.41, 5.74) is 3.56. The van der Waals surface area contributed by atoms with Crippen molar-refractivity contribution in [3.05, 3.63) is 63.0 Å². The minimum absolute atomic E-state index is 1.11. The second-order valence-electron chi connectivity index (χ2n) is 3.86. The van der Waals surface area contributed by atoms with Gasteiger partial charge in [0.15, 0.2) is 0 Å². The molecule has 0 fully saturated rings. The first kappa shape index (κ1) is 11.6. The molecule has 17 heavy (non-hydrogen) atoms. The van der Waals surface area contributed by atoms with Gasteiger partial charge in [-0.15, -0.1) is 0 Å². The Morgan fingerprint density at radius 1 is 0.824 bits per heavy atom. The number of halogens is 2. The molecule has 84 valence electrons. The van der Waals surface area contributed by atoms with Crippen LogP contribution in [0.25, 0.3) is 5.57 Å². The lowest BCUT2D eigenvalue weighted by Crippen LogP contribution is -1.97. The van der Waals surface area contributed by atoms with Crippen molar-refractivity contribution in [3.8, 4) is 0 Å². The average molecular weight is 368 g/mol. The van der Waals surface area contributed by atoms with Crippen molar-refractivity contribution in [1.29, 1.82) is 0 Å². The van der Waals surface area contributed by atoms with Gasteiger partial charge < -0.3 is 0 Å². The maximum absolute atomic E-state index is 4.21. The van der Waals surface area contributed by atoms with Crippen LogP contribution in [0.2, 0.25) is 0 Å². The molecule has 1 aliphatic rings. The largest absolute Gasteiger partial charge is 0.0905 e. The second kappa shape index (κ2) is 4.30. The van der Waals surface area contributed by atoms with Gasteiger partial charge in [-0.3, -0.25) is 0 Å². The van der Waals surface area contributed by atoms with Crippen LogP contribution in [0.5, 0.6) is 0 Å². The van der Waals surface area contributed by atoms with E-state index in [2.05, 4.69) is 74.8 Å². The van der Waals surface area contributed by atoms with E-state index in [9.17, 15) is 0 Å². The quantitative estimate of drug-likeness (QED) is 0.488. The zero-order valence-electron chi connectivity index (χ0n) is 8.84. The summed E-state index contributed by atoms with van der Waals surface area (Å²) in [4.78, 5) is 2.52. The van der Waals surface area contributed by atoms with Gasteiger partial charge in [0.25, 0.3) is 0 Å². The Kier molecular flexibility index (Phi) is 2.93. The highest BCUT2D eigenvalue weighted by molar-refractivity contribution is 9.10. The molecule has 0 radical (unpaired) electrons. The molecular formula is C14H8Br2S. The number of hydrogen-bond donors (Lipinski definition) is 0. The molecule has 2 aromatic rings. The van der Waals surface area contributed by atoms with E-state index in [1.54, 1.807) is 11.8 Å². The van der Waals surface area contributed by atoms with Crippen molar-refractivity contribution in [1.82, 2.24) is 0 Å². The predicted molar refractivity (Wildman–Crippen MR) is 80.5 cm³/mol. The smallest absolute Gasteiger partial charge is 0.0212 e. The standard InChI is InChI=1S/C14H8Br2S/c1-8-11-4-2-9(15)6-13(11)17-14-7-10(16)3-5-12(8)14/h2-7H,1H2. The van der Waals surface area contributed by atoms with Gasteiger partial charge >= 0.3 is 0 Å². The molecule has 0 atom stereocenters. The normalized spacial score (nSPS) is 13.2. The van der Waals surface area contributed by atoms with Gasteiger partial charge in [0.1, 0.15) is 0 Å². The molecule has 0 saturated heterocycles. The predicted octanol–water partition coefficient (Wildman–Crippen LogP) is 5.74. The SMILES string of the molecule is C=C1c2ccc(Br)cc2Sc2cc(Br)ccc21. The second-order valence-corrected chi connectivity index (χ2v) is 6.78. The Balaban J connectivity index is 2.21. The molecule has 0 aliphatic carbocycles. The first-order chi connectivity index (χ1) is 8.15. The van der Waals surface area contributed by atoms with Crippen molar-refractivity contribution in [2.75, 3.05) is 0 Å². The minimum Gasteiger partial charge on any atom is -0.0905 e. The third-order valence-corrected chi connectivity index (χ3v) is 4.86. The molecule has 0 bridgehead atoms. The van der Waals surface area contributed by atoms with E-state index in [1.807, 2.05) is 0 Å². The van der Waals surface area contributed by atoms with E-state index in [-0.39, 0.29) is 0 Å². The van der Waals surface area contributed by atoms with Crippen LogP contribution in [0.15, 0.2) is 61.7 Å². The van der Waals surface area contributed by atoms with E-state index in [0.717, 1.165) is 14.5 Å². The molecule has 0 nitrogen and oxygen atoms in total. The third-order valence-electron chi connectivity index (χ3n) is 2.76. The lowest BCUT2D eigenvalue weighted by molar-refractivity contribution is 1.28. The van der Waals surface area contributed by atoms with Crippen molar-refractivity contribution >= 4 is 49.2 Å². The number of fused-ring (bicyclic) bond motifs is 2. The molecule has 0 amide bonds. The topological polar surface area (TPSA) is 0 Å². The maximum atomic E-state index is 4.21. The zero-order chi connectivity index (χ0) is 12.0. The minimum atomic E-state index is 1.11. The zero-order valence-corrected chi connectivity index (χ0v) is 12.8. The molecule has 0 saturated carbocycles. The summed E-state index contributed by atoms with van der Waals surface area (Å²) in [5.74, 6) is 0. The summed E-state index contributed by atoms with van der Waals surface area (Å²) in [5, 5.41) is 0. The van der Waals surface area contributed by atoms with E-state index < -0.39 is 0 Å². The summed E-state index contributed by atoms with van der Waals surface area (Å²) in [6.07, 6.45) is 0. The number of benzene rings is 2. The van der Waals surface area contributed by atoms with E-state index in [4.69, 9.17) is 0 Å². The van der Waals surface area contributed by atoms with Crippen LogP contribution in [0.1, 0.15) is 11.1 Å². The molecular weight excluding hydrogens is 360 g/mol. The van der Waals surface area contributed by atoms with Gasteiger partial charge in [-0.2, -0.15) is 0 Å². The molecule has 1 heterocycles. The molecule has 3 rings (SSSR count). The van der Waals surface area contributed by atoms with Crippen LogP contribution in [-0.4, -0.2) is 0 Å². The van der Waals surface area contributed by atoms with Crippen LogP contribution in [0.3, 0.4) is 0 Å². The van der Waals surface area contributed by atoms with Gasteiger partial charge in [-0.05, 0) is 41.0 Å².